The molecule has 5 heteroatoms. The number of nitrogens with zero attached hydrogens (tertiary/aromatic N) is 2. The third kappa shape index (κ3) is 2.81. The Morgan fingerprint density at radius 3 is 2.35 bits per heavy atom. The normalized spacial score (nSPS) is 34.6. The Balaban J connectivity index is 1.32. The number of nitrogens with one attached hydrogen (secondary N) is 1. The van der Waals surface area contributed by atoms with Crippen molar-refractivity contribution in [3.05, 3.63) is 18.0 Å². The molecule has 124 valence electrons. The molecule has 4 saturated carbocycles. The second kappa shape index (κ2) is 5.46. The van der Waals surface area contributed by atoms with Crippen LogP contribution in [0.15, 0.2) is 12.4 Å². The van der Waals surface area contributed by atoms with Crippen LogP contribution in [0.5, 0.6) is 0 Å². The van der Waals surface area contributed by atoms with Crippen LogP contribution in [0.2, 0.25) is 0 Å². The average molecular weight is 315 g/mol. The first kappa shape index (κ1) is 14.9. The van der Waals surface area contributed by atoms with Gasteiger partial charge in [-0.2, -0.15) is 5.10 Å². The van der Waals surface area contributed by atoms with Gasteiger partial charge in [0.2, 0.25) is 0 Å². The van der Waals surface area contributed by atoms with Gasteiger partial charge in [-0.1, -0.05) is 0 Å². The quantitative estimate of drug-likeness (QED) is 0.670. The number of carbonyl (C=O) groups excluding carboxylic acids is 2. The Morgan fingerprint density at radius 1 is 1.22 bits per heavy atom. The smallest absolute Gasteiger partial charge is 0.292 e. The summed E-state index contributed by atoms with van der Waals surface area (Å²) in [6, 6.07) is 0. The molecule has 0 aliphatic heterocycles. The summed E-state index contributed by atoms with van der Waals surface area (Å²) in [4.78, 5) is 24.1. The first-order valence-corrected chi connectivity index (χ1v) is 8.84. The van der Waals surface area contributed by atoms with Crippen LogP contribution in [0.1, 0.15) is 55.3 Å². The average Bonchev–Trinajstić information content (AvgIpc) is 2.91. The van der Waals surface area contributed by atoms with Gasteiger partial charge in [-0.3, -0.25) is 14.3 Å². The maximum atomic E-state index is 12.0. The SMILES string of the molecule is Cn1cc(C(=O)C(=O)NCCC23CC4CC(CC(C4)C2)C3)cn1. The number of aromatic nitrogens is 2. The fourth-order valence-electron chi connectivity index (χ4n) is 5.79. The second-order valence-corrected chi connectivity index (χ2v) is 8.16. The zero-order chi connectivity index (χ0) is 16.0. The molecule has 5 rings (SSSR count). The maximum absolute atomic E-state index is 12.0. The van der Waals surface area contributed by atoms with E-state index >= 15 is 0 Å². The van der Waals surface area contributed by atoms with Crippen LogP contribution in [-0.4, -0.2) is 28.0 Å². The second-order valence-electron chi connectivity index (χ2n) is 8.16. The molecule has 5 nitrogen and oxygen atoms in total. The predicted molar refractivity (Wildman–Crippen MR) is 85.8 cm³/mol. The molecule has 0 radical (unpaired) electrons. The van der Waals surface area contributed by atoms with Gasteiger partial charge in [0, 0.05) is 19.8 Å². The predicted octanol–water partition coefficient (Wildman–Crippen LogP) is 2.33. The molecule has 1 aromatic heterocycles. The molecule has 0 unspecified atom stereocenters. The fraction of sp³-hybridized carbons (Fsp3) is 0.722. The molecule has 1 heterocycles. The third-order valence-electron chi connectivity index (χ3n) is 6.28. The van der Waals surface area contributed by atoms with Gasteiger partial charge in [-0.15, -0.1) is 0 Å². The largest absolute Gasteiger partial charge is 0.349 e. The minimum atomic E-state index is -0.497. The van der Waals surface area contributed by atoms with E-state index in [1.165, 1.54) is 49.4 Å². The summed E-state index contributed by atoms with van der Waals surface area (Å²) in [5.74, 6) is 1.79. The van der Waals surface area contributed by atoms with Gasteiger partial charge in [0.15, 0.2) is 0 Å². The van der Waals surface area contributed by atoms with Crippen LogP contribution in [0.3, 0.4) is 0 Å². The highest BCUT2D eigenvalue weighted by Gasteiger charge is 2.50. The molecule has 1 aromatic rings. The first-order valence-electron chi connectivity index (χ1n) is 8.84. The molecule has 23 heavy (non-hydrogen) atoms. The lowest BCUT2D eigenvalue weighted by molar-refractivity contribution is -0.117. The summed E-state index contributed by atoms with van der Waals surface area (Å²) >= 11 is 0. The van der Waals surface area contributed by atoms with Gasteiger partial charge in [-0.25, -0.2) is 0 Å². The van der Waals surface area contributed by atoms with E-state index in [0.29, 0.717) is 17.5 Å². The van der Waals surface area contributed by atoms with Crippen LogP contribution < -0.4 is 5.32 Å². The summed E-state index contributed by atoms with van der Waals surface area (Å²) in [6.45, 7) is 0.622. The Labute approximate surface area is 136 Å². The van der Waals surface area contributed by atoms with Gasteiger partial charge in [0.05, 0.1) is 11.8 Å². The Morgan fingerprint density at radius 2 is 1.83 bits per heavy atom. The minimum absolute atomic E-state index is 0.361. The monoisotopic (exact) mass is 315 g/mol. The highest BCUT2D eigenvalue weighted by molar-refractivity contribution is 6.42. The zero-order valence-electron chi connectivity index (χ0n) is 13.8. The molecule has 0 spiro atoms. The van der Waals surface area contributed by atoms with Gasteiger partial charge < -0.3 is 5.32 Å². The van der Waals surface area contributed by atoms with Crippen LogP contribution >= 0.6 is 0 Å². The number of ketones is 1. The minimum Gasteiger partial charge on any atom is -0.349 e. The lowest BCUT2D eigenvalue weighted by Gasteiger charge is -2.57. The molecule has 4 aliphatic rings. The number of Topliss-reactive ketones (excluding diaryl/α,β-unsaturated/α-hetero) is 1. The summed E-state index contributed by atoms with van der Waals surface area (Å²) < 4.78 is 1.54. The number of amides is 1. The van der Waals surface area contributed by atoms with Crippen molar-refractivity contribution < 1.29 is 9.59 Å². The van der Waals surface area contributed by atoms with E-state index in [2.05, 4.69) is 10.4 Å². The molecule has 4 bridgehead atoms. The van der Waals surface area contributed by atoms with Crippen molar-refractivity contribution in [1.82, 2.24) is 15.1 Å². The van der Waals surface area contributed by atoms with E-state index in [1.54, 1.807) is 13.2 Å². The van der Waals surface area contributed by atoms with Crippen LogP contribution in [-0.2, 0) is 11.8 Å². The summed E-state index contributed by atoms with van der Waals surface area (Å²) in [5.41, 5.74) is 0.805. The summed E-state index contributed by atoms with van der Waals surface area (Å²) in [5, 5.41) is 6.78. The molecular formula is C18H25N3O2. The van der Waals surface area contributed by atoms with Crippen molar-refractivity contribution >= 4 is 11.7 Å². The van der Waals surface area contributed by atoms with Crippen LogP contribution in [0.4, 0.5) is 0 Å². The van der Waals surface area contributed by atoms with Crippen molar-refractivity contribution in [2.24, 2.45) is 30.2 Å². The van der Waals surface area contributed by atoms with E-state index in [4.69, 9.17) is 0 Å². The molecular weight excluding hydrogens is 290 g/mol. The molecule has 1 N–H and O–H groups in total. The van der Waals surface area contributed by atoms with Crippen molar-refractivity contribution in [3.8, 4) is 0 Å². The third-order valence-corrected chi connectivity index (χ3v) is 6.28. The summed E-state index contributed by atoms with van der Waals surface area (Å²) in [6.07, 6.45) is 12.4. The van der Waals surface area contributed by atoms with Gasteiger partial charge in [0.25, 0.3) is 11.7 Å². The number of carbonyl (C=O) groups is 2. The topological polar surface area (TPSA) is 64.0 Å². The lowest BCUT2D eigenvalue weighted by Crippen LogP contribution is -2.47. The van der Waals surface area contributed by atoms with E-state index in [-0.39, 0.29) is 0 Å². The molecule has 0 aromatic carbocycles. The van der Waals surface area contributed by atoms with Crippen LogP contribution in [0.25, 0.3) is 0 Å². The Hall–Kier alpha value is -1.65. The first-order chi connectivity index (χ1) is 11.0. The van der Waals surface area contributed by atoms with Crippen molar-refractivity contribution in [2.75, 3.05) is 6.54 Å². The molecule has 1 amide bonds. The molecule has 0 atom stereocenters. The van der Waals surface area contributed by atoms with E-state index in [0.717, 1.165) is 24.2 Å². The van der Waals surface area contributed by atoms with Gasteiger partial charge in [0.1, 0.15) is 0 Å². The van der Waals surface area contributed by atoms with Crippen LogP contribution in [0, 0.1) is 23.2 Å². The zero-order valence-corrected chi connectivity index (χ0v) is 13.8. The fourth-order valence-corrected chi connectivity index (χ4v) is 5.79. The number of hydrogen-bond donors (Lipinski definition) is 1. The lowest BCUT2D eigenvalue weighted by atomic mass is 9.49. The molecule has 0 saturated heterocycles. The number of rotatable bonds is 5. The highest BCUT2D eigenvalue weighted by Crippen LogP contribution is 2.61. The van der Waals surface area contributed by atoms with Crippen molar-refractivity contribution in [3.63, 3.8) is 0 Å². The van der Waals surface area contributed by atoms with Gasteiger partial charge >= 0.3 is 0 Å². The number of hydrogen-bond acceptors (Lipinski definition) is 3. The van der Waals surface area contributed by atoms with E-state index in [9.17, 15) is 9.59 Å². The number of aryl methyl sites for hydroxylation is 1. The molecule has 4 aliphatic carbocycles. The molecule has 4 fully saturated rings. The highest BCUT2D eigenvalue weighted by atomic mass is 16.2. The Bertz CT molecular complexity index is 599. The van der Waals surface area contributed by atoms with E-state index < -0.39 is 11.7 Å². The van der Waals surface area contributed by atoms with Crippen molar-refractivity contribution in [1.29, 1.82) is 0 Å². The summed E-state index contributed by atoms with van der Waals surface area (Å²) in [7, 11) is 1.74. The van der Waals surface area contributed by atoms with Gasteiger partial charge in [-0.05, 0) is 68.1 Å². The standard InChI is InChI=1S/C18H25N3O2/c1-21-11-15(10-20-21)16(22)17(23)19-3-2-18-7-12-4-13(8-18)6-14(5-12)9-18/h10-14H,2-9H2,1H3,(H,19,23). The van der Waals surface area contributed by atoms with E-state index in [1.807, 2.05) is 0 Å². The maximum Gasteiger partial charge on any atom is 0.292 e. The Kier molecular flexibility index (Phi) is 3.54. The van der Waals surface area contributed by atoms with Crippen molar-refractivity contribution in [2.45, 2.75) is 44.9 Å².